The van der Waals surface area contributed by atoms with Crippen LogP contribution < -0.4 is 5.43 Å². The first-order chi connectivity index (χ1) is 13.7. The van der Waals surface area contributed by atoms with Crippen molar-refractivity contribution in [3.05, 3.63) is 82.7 Å². The Morgan fingerprint density at radius 1 is 1.14 bits per heavy atom. The number of nitrogens with zero attached hydrogens (tertiary/aromatic N) is 5. The van der Waals surface area contributed by atoms with Gasteiger partial charge in [-0.2, -0.15) is 10.2 Å². The Morgan fingerprint density at radius 2 is 1.93 bits per heavy atom. The fourth-order valence-electron chi connectivity index (χ4n) is 2.60. The van der Waals surface area contributed by atoms with Crippen LogP contribution in [-0.2, 0) is 6.54 Å². The normalized spacial score (nSPS) is 11.6. The Kier molecular flexibility index (Phi) is 5.45. The van der Waals surface area contributed by atoms with Crippen LogP contribution in [0.3, 0.4) is 0 Å². The maximum absolute atomic E-state index is 6.01. The average Bonchev–Trinajstić information content (AvgIpc) is 3.38. The minimum absolute atomic E-state index is 0.477. The highest BCUT2D eigenvalue weighted by Gasteiger charge is 2.08. The molecule has 0 spiro atoms. The van der Waals surface area contributed by atoms with Crippen LogP contribution in [0.2, 0.25) is 5.02 Å². The van der Waals surface area contributed by atoms with Crippen molar-refractivity contribution >= 4 is 33.8 Å². The van der Waals surface area contributed by atoms with Gasteiger partial charge in [-0.1, -0.05) is 53.6 Å². The molecule has 6 nitrogen and oxygen atoms in total. The minimum atomic E-state index is 0.477. The summed E-state index contributed by atoms with van der Waals surface area (Å²) in [6, 6.07) is 15.8. The first-order valence-electron chi connectivity index (χ1n) is 8.61. The molecule has 2 heterocycles. The first kappa shape index (κ1) is 18.3. The van der Waals surface area contributed by atoms with E-state index in [1.54, 1.807) is 11.0 Å². The molecule has 1 N–H and O–H groups in total. The second-order valence-electron chi connectivity index (χ2n) is 6.17. The van der Waals surface area contributed by atoms with Crippen molar-refractivity contribution in [2.75, 3.05) is 5.43 Å². The van der Waals surface area contributed by atoms with Crippen molar-refractivity contribution in [3.8, 4) is 11.3 Å². The summed E-state index contributed by atoms with van der Waals surface area (Å²) in [6.07, 6.45) is 3.16. The van der Waals surface area contributed by atoms with Crippen molar-refractivity contribution in [1.82, 2.24) is 19.7 Å². The number of aryl methyl sites for hydroxylation is 1. The Morgan fingerprint density at radius 3 is 2.64 bits per heavy atom. The van der Waals surface area contributed by atoms with Crippen molar-refractivity contribution < 1.29 is 0 Å². The second kappa shape index (κ2) is 8.33. The molecule has 0 unspecified atom stereocenters. The van der Waals surface area contributed by atoms with Crippen LogP contribution in [0, 0.1) is 6.92 Å². The largest absolute Gasteiger partial charge is 0.252 e. The average molecular weight is 409 g/mol. The molecule has 0 amide bonds. The zero-order chi connectivity index (χ0) is 19.3. The molecule has 2 aromatic heterocycles. The summed E-state index contributed by atoms with van der Waals surface area (Å²) >= 11 is 7.52. The Bertz CT molecular complexity index is 1070. The van der Waals surface area contributed by atoms with Crippen molar-refractivity contribution in [2.45, 2.75) is 13.5 Å². The fourth-order valence-corrected chi connectivity index (χ4v) is 3.39. The number of hydrogen-bond acceptors (Lipinski definition) is 6. The lowest BCUT2D eigenvalue weighted by atomic mass is 10.1. The van der Waals surface area contributed by atoms with Crippen LogP contribution in [0.5, 0.6) is 0 Å². The number of aromatic nitrogens is 4. The molecule has 0 saturated heterocycles. The molecule has 0 fully saturated rings. The van der Waals surface area contributed by atoms with E-state index in [4.69, 9.17) is 11.6 Å². The van der Waals surface area contributed by atoms with Crippen LogP contribution in [0.15, 0.2) is 71.7 Å². The Balaban J connectivity index is 1.56. The molecule has 0 aliphatic carbocycles. The Hall–Kier alpha value is -3.03. The fraction of sp³-hybridized carbons (Fsp3) is 0.100. The first-order valence-corrected chi connectivity index (χ1v) is 9.86. The number of halogens is 1. The van der Waals surface area contributed by atoms with Crippen LogP contribution >= 0.6 is 22.9 Å². The van der Waals surface area contributed by atoms with Crippen LogP contribution in [0.25, 0.3) is 11.3 Å². The van der Waals surface area contributed by atoms with Gasteiger partial charge in [-0.25, -0.2) is 14.6 Å². The van der Waals surface area contributed by atoms with Gasteiger partial charge < -0.3 is 0 Å². The van der Waals surface area contributed by atoms with Crippen molar-refractivity contribution in [1.29, 1.82) is 0 Å². The molecule has 0 aliphatic heterocycles. The summed E-state index contributed by atoms with van der Waals surface area (Å²) < 4.78 is 1.72. The molecule has 2 aromatic carbocycles. The minimum Gasteiger partial charge on any atom is -0.252 e. The van der Waals surface area contributed by atoms with Crippen molar-refractivity contribution in [2.24, 2.45) is 5.10 Å². The third-order valence-electron chi connectivity index (χ3n) is 4.09. The maximum atomic E-state index is 6.01. The molecule has 0 atom stereocenters. The summed E-state index contributed by atoms with van der Waals surface area (Å²) in [5, 5.41) is 12.2. The predicted octanol–water partition coefficient (Wildman–Crippen LogP) is 4.88. The van der Waals surface area contributed by atoms with E-state index in [2.05, 4.69) is 56.8 Å². The van der Waals surface area contributed by atoms with Gasteiger partial charge in [0.2, 0.25) is 5.13 Å². The van der Waals surface area contributed by atoms with E-state index in [1.165, 1.54) is 23.2 Å². The summed E-state index contributed by atoms with van der Waals surface area (Å²) in [5.74, 6) is 0. The molecule has 4 rings (SSSR count). The van der Waals surface area contributed by atoms with Gasteiger partial charge in [-0.15, -0.1) is 11.3 Å². The van der Waals surface area contributed by atoms with Gasteiger partial charge in [0.1, 0.15) is 12.7 Å². The highest BCUT2D eigenvalue weighted by Crippen LogP contribution is 2.25. The molecule has 0 radical (unpaired) electrons. The van der Waals surface area contributed by atoms with Gasteiger partial charge in [0.15, 0.2) is 0 Å². The van der Waals surface area contributed by atoms with E-state index >= 15 is 0 Å². The zero-order valence-corrected chi connectivity index (χ0v) is 16.7. The van der Waals surface area contributed by atoms with Gasteiger partial charge >= 0.3 is 0 Å². The molecule has 4 aromatic rings. The number of rotatable bonds is 6. The van der Waals surface area contributed by atoms with E-state index in [0.717, 1.165) is 27.7 Å². The zero-order valence-electron chi connectivity index (χ0n) is 15.1. The summed E-state index contributed by atoms with van der Waals surface area (Å²) in [6.45, 7) is 2.55. The SMILES string of the molecule is Cc1ccc(-c2csc(N/N=C(\Cn3cncn3)c3ccc(Cl)cc3)n2)cc1. The predicted molar refractivity (Wildman–Crippen MR) is 114 cm³/mol. The molecule has 0 aliphatic rings. The number of anilines is 1. The quantitative estimate of drug-likeness (QED) is 0.364. The molecule has 0 bridgehead atoms. The topological polar surface area (TPSA) is 68.0 Å². The lowest BCUT2D eigenvalue weighted by molar-refractivity contribution is 0.721. The number of hydrogen-bond donors (Lipinski definition) is 1. The van der Waals surface area contributed by atoms with E-state index < -0.39 is 0 Å². The summed E-state index contributed by atoms with van der Waals surface area (Å²) in [7, 11) is 0. The Labute approximate surface area is 171 Å². The highest BCUT2D eigenvalue weighted by molar-refractivity contribution is 7.14. The van der Waals surface area contributed by atoms with E-state index in [1.807, 2.05) is 29.6 Å². The van der Waals surface area contributed by atoms with E-state index in [9.17, 15) is 0 Å². The molecule has 8 heteroatoms. The summed E-state index contributed by atoms with van der Waals surface area (Å²) in [4.78, 5) is 8.62. The third-order valence-corrected chi connectivity index (χ3v) is 5.09. The molecule has 140 valence electrons. The van der Waals surface area contributed by atoms with E-state index in [-0.39, 0.29) is 0 Å². The highest BCUT2D eigenvalue weighted by atomic mass is 35.5. The standard InChI is InChI=1S/C20H17ClN6S/c1-14-2-4-16(5-3-14)19-11-28-20(24-19)26-25-18(10-27-13-22-12-23-27)15-6-8-17(21)9-7-15/h2-9,11-13H,10H2,1H3,(H,24,26)/b25-18+. The van der Waals surface area contributed by atoms with Gasteiger partial charge in [-0.05, 0) is 24.6 Å². The van der Waals surface area contributed by atoms with Crippen LogP contribution in [0.4, 0.5) is 5.13 Å². The number of hydrazone groups is 1. The molecular formula is C20H17ClN6S. The van der Waals surface area contributed by atoms with Crippen molar-refractivity contribution in [3.63, 3.8) is 0 Å². The smallest absolute Gasteiger partial charge is 0.203 e. The third kappa shape index (κ3) is 4.44. The molecule has 28 heavy (non-hydrogen) atoms. The van der Waals surface area contributed by atoms with E-state index in [0.29, 0.717) is 11.6 Å². The van der Waals surface area contributed by atoms with Crippen LogP contribution in [0.1, 0.15) is 11.1 Å². The summed E-state index contributed by atoms with van der Waals surface area (Å²) in [5.41, 5.74) is 8.05. The number of benzene rings is 2. The monoisotopic (exact) mass is 408 g/mol. The van der Waals surface area contributed by atoms with Gasteiger partial charge in [0, 0.05) is 16.0 Å². The number of thiazole rings is 1. The van der Waals surface area contributed by atoms with Gasteiger partial charge in [0.25, 0.3) is 0 Å². The second-order valence-corrected chi connectivity index (χ2v) is 7.47. The van der Waals surface area contributed by atoms with Gasteiger partial charge in [-0.3, -0.25) is 5.43 Å². The maximum Gasteiger partial charge on any atom is 0.203 e. The van der Waals surface area contributed by atoms with Gasteiger partial charge in [0.05, 0.1) is 18.0 Å². The van der Waals surface area contributed by atoms with Crippen LogP contribution in [-0.4, -0.2) is 25.5 Å². The molecule has 0 saturated carbocycles. The lowest BCUT2D eigenvalue weighted by Gasteiger charge is -2.07. The number of nitrogens with one attached hydrogen (secondary N) is 1. The molecular weight excluding hydrogens is 392 g/mol. The lowest BCUT2D eigenvalue weighted by Crippen LogP contribution is -2.14.